The van der Waals surface area contributed by atoms with Gasteiger partial charge >= 0.3 is 5.97 Å². The van der Waals surface area contributed by atoms with Crippen molar-refractivity contribution in [2.45, 2.75) is 38.9 Å². The number of hydrogen-bond acceptors (Lipinski definition) is 9. The third kappa shape index (κ3) is 3.55. The molecule has 0 spiro atoms. The first kappa shape index (κ1) is 23.8. The van der Waals surface area contributed by atoms with Crippen molar-refractivity contribution in [3.05, 3.63) is 23.3 Å². The van der Waals surface area contributed by atoms with Gasteiger partial charge in [-0.05, 0) is 37.0 Å². The molecule has 0 radical (unpaired) electrons. The fourth-order valence-electron chi connectivity index (χ4n) is 4.79. The normalized spacial score (nSPS) is 22.6. The van der Waals surface area contributed by atoms with Crippen molar-refractivity contribution in [3.8, 4) is 45.6 Å². The van der Waals surface area contributed by atoms with Gasteiger partial charge in [0.1, 0.15) is 5.60 Å². The number of methoxy groups -OCH3 is 4. The average Bonchev–Trinajstić information content (AvgIpc) is 3.27. The van der Waals surface area contributed by atoms with Crippen LogP contribution >= 0.6 is 0 Å². The third-order valence-electron chi connectivity index (χ3n) is 6.64. The Kier molecular flexibility index (Phi) is 6.16. The fourth-order valence-corrected chi connectivity index (χ4v) is 4.79. The second-order valence-electron chi connectivity index (χ2n) is 8.61. The summed E-state index contributed by atoms with van der Waals surface area (Å²) in [7, 11) is 6.07. The number of aliphatic hydroxyl groups is 1. The van der Waals surface area contributed by atoms with E-state index in [-0.39, 0.29) is 12.7 Å². The van der Waals surface area contributed by atoms with E-state index in [1.807, 2.05) is 13.0 Å². The number of benzene rings is 2. The minimum atomic E-state index is -1.44. The van der Waals surface area contributed by atoms with Crippen LogP contribution in [0.5, 0.6) is 34.5 Å². The highest BCUT2D eigenvalue weighted by Crippen LogP contribution is 2.59. The summed E-state index contributed by atoms with van der Waals surface area (Å²) in [4.78, 5) is 12.2. The molecular weight excluding hydrogens is 444 g/mol. The molecular formula is C25H30O9. The molecule has 34 heavy (non-hydrogen) atoms. The van der Waals surface area contributed by atoms with Crippen molar-refractivity contribution in [1.29, 1.82) is 0 Å². The molecule has 0 amide bonds. The Morgan fingerprint density at radius 3 is 2.26 bits per heavy atom. The molecule has 2 aromatic rings. The van der Waals surface area contributed by atoms with Crippen molar-refractivity contribution in [1.82, 2.24) is 0 Å². The maximum atomic E-state index is 12.2. The van der Waals surface area contributed by atoms with Crippen LogP contribution in [0.1, 0.15) is 38.0 Å². The van der Waals surface area contributed by atoms with Gasteiger partial charge in [-0.3, -0.25) is 4.79 Å². The summed E-state index contributed by atoms with van der Waals surface area (Å²) in [5.74, 6) is 1.67. The van der Waals surface area contributed by atoms with Crippen LogP contribution in [0, 0.1) is 5.92 Å². The van der Waals surface area contributed by atoms with E-state index in [2.05, 4.69) is 0 Å². The molecule has 9 nitrogen and oxygen atoms in total. The Bertz CT molecular complexity index is 1120. The number of hydrogen-bond donors (Lipinski definition) is 1. The first-order valence-electron chi connectivity index (χ1n) is 10.9. The quantitative estimate of drug-likeness (QED) is 0.651. The van der Waals surface area contributed by atoms with Crippen LogP contribution in [-0.2, 0) is 16.0 Å². The molecule has 2 aliphatic rings. The second-order valence-corrected chi connectivity index (χ2v) is 8.61. The first-order chi connectivity index (χ1) is 16.2. The van der Waals surface area contributed by atoms with Crippen LogP contribution in [0.15, 0.2) is 12.1 Å². The van der Waals surface area contributed by atoms with E-state index in [1.54, 1.807) is 20.1 Å². The molecule has 0 saturated heterocycles. The zero-order valence-electron chi connectivity index (χ0n) is 20.4. The number of fused-ring (bicyclic) bond motifs is 4. The average molecular weight is 475 g/mol. The first-order valence-corrected chi connectivity index (χ1v) is 10.9. The molecule has 0 aromatic heterocycles. The lowest BCUT2D eigenvalue weighted by atomic mass is 9.73. The van der Waals surface area contributed by atoms with Gasteiger partial charge in [0.05, 0.1) is 28.4 Å². The van der Waals surface area contributed by atoms with Crippen molar-refractivity contribution in [2.75, 3.05) is 35.2 Å². The van der Waals surface area contributed by atoms with Gasteiger partial charge in [0.2, 0.25) is 18.3 Å². The Morgan fingerprint density at radius 2 is 1.68 bits per heavy atom. The molecule has 2 aromatic carbocycles. The number of carbonyl (C=O) groups is 1. The van der Waals surface area contributed by atoms with Gasteiger partial charge in [0.15, 0.2) is 29.1 Å². The van der Waals surface area contributed by atoms with Gasteiger partial charge in [0.25, 0.3) is 0 Å². The smallest absolute Gasteiger partial charge is 0.303 e. The Hall–Kier alpha value is -3.33. The molecule has 4 rings (SSSR count). The molecule has 184 valence electrons. The van der Waals surface area contributed by atoms with Gasteiger partial charge in [0, 0.05) is 23.6 Å². The molecule has 1 N–H and O–H groups in total. The van der Waals surface area contributed by atoms with E-state index in [0.717, 1.165) is 5.56 Å². The van der Waals surface area contributed by atoms with Gasteiger partial charge < -0.3 is 38.3 Å². The lowest BCUT2D eigenvalue weighted by Crippen LogP contribution is -2.43. The predicted octanol–water partition coefficient (Wildman–Crippen LogP) is 3.66. The van der Waals surface area contributed by atoms with Crippen LogP contribution in [0.25, 0.3) is 11.1 Å². The molecule has 3 atom stereocenters. The second kappa shape index (κ2) is 8.79. The zero-order valence-corrected chi connectivity index (χ0v) is 20.4. The predicted molar refractivity (Wildman–Crippen MR) is 122 cm³/mol. The highest BCUT2D eigenvalue weighted by atomic mass is 16.7. The Labute approximate surface area is 198 Å². The Balaban J connectivity index is 2.20. The number of carbonyl (C=O) groups excluding carboxylic acids is 1. The standard InChI is InChI=1S/C25H30O9/c1-12-8-14-9-17-21(33-11-32-17)22(30-6)18(14)19-15(24(25(12,3)27)34-13(2)26)10-16(28-4)20(29-5)23(19)31-7/h9-10,12,24,27H,8,11H2,1-7H3. The maximum absolute atomic E-state index is 12.2. The van der Waals surface area contributed by atoms with Crippen LogP contribution in [-0.4, -0.2) is 51.9 Å². The molecule has 0 fully saturated rings. The lowest BCUT2D eigenvalue weighted by Gasteiger charge is -2.41. The molecule has 0 saturated carbocycles. The summed E-state index contributed by atoms with van der Waals surface area (Å²) in [6.45, 7) is 4.94. The van der Waals surface area contributed by atoms with Gasteiger partial charge in [-0.1, -0.05) is 6.92 Å². The van der Waals surface area contributed by atoms with Crippen molar-refractivity contribution < 1.29 is 43.1 Å². The molecule has 1 aliphatic carbocycles. The highest BCUT2D eigenvalue weighted by molar-refractivity contribution is 5.89. The van der Waals surface area contributed by atoms with E-state index >= 15 is 0 Å². The van der Waals surface area contributed by atoms with Crippen molar-refractivity contribution in [3.63, 3.8) is 0 Å². The fraction of sp³-hybridized carbons (Fsp3) is 0.480. The monoisotopic (exact) mass is 474 g/mol. The Morgan fingerprint density at radius 1 is 1.00 bits per heavy atom. The van der Waals surface area contributed by atoms with E-state index < -0.39 is 17.7 Å². The van der Waals surface area contributed by atoms with Gasteiger partial charge in [-0.2, -0.15) is 0 Å². The largest absolute Gasteiger partial charge is 0.493 e. The van der Waals surface area contributed by atoms with E-state index in [0.29, 0.717) is 57.6 Å². The summed E-state index contributed by atoms with van der Waals surface area (Å²) in [6.07, 6.45) is -0.601. The molecule has 9 heteroatoms. The van der Waals surface area contributed by atoms with Crippen LogP contribution < -0.4 is 28.4 Å². The zero-order chi connectivity index (χ0) is 24.8. The highest BCUT2D eigenvalue weighted by Gasteiger charge is 2.46. The minimum absolute atomic E-state index is 0.0633. The summed E-state index contributed by atoms with van der Waals surface area (Å²) in [6, 6.07) is 3.59. The van der Waals surface area contributed by atoms with Crippen LogP contribution in [0.3, 0.4) is 0 Å². The molecule has 3 unspecified atom stereocenters. The summed E-state index contributed by atoms with van der Waals surface area (Å²) in [5, 5.41) is 11.7. The summed E-state index contributed by atoms with van der Waals surface area (Å²) >= 11 is 0. The van der Waals surface area contributed by atoms with E-state index in [1.165, 1.54) is 28.3 Å². The lowest BCUT2D eigenvalue weighted by molar-refractivity contribution is -0.168. The van der Waals surface area contributed by atoms with Crippen LogP contribution in [0.2, 0.25) is 0 Å². The molecule has 1 aliphatic heterocycles. The van der Waals surface area contributed by atoms with Gasteiger partial charge in [-0.25, -0.2) is 0 Å². The number of ether oxygens (including phenoxy) is 7. The molecule has 0 bridgehead atoms. The topological polar surface area (TPSA) is 102 Å². The van der Waals surface area contributed by atoms with Crippen LogP contribution in [0.4, 0.5) is 0 Å². The molecule has 1 heterocycles. The van der Waals surface area contributed by atoms with Crippen molar-refractivity contribution >= 4 is 5.97 Å². The summed E-state index contributed by atoms with van der Waals surface area (Å²) in [5.41, 5.74) is 1.12. The van der Waals surface area contributed by atoms with Crippen molar-refractivity contribution in [2.24, 2.45) is 5.92 Å². The minimum Gasteiger partial charge on any atom is -0.493 e. The number of esters is 1. The van der Waals surface area contributed by atoms with E-state index in [4.69, 9.17) is 33.2 Å². The van der Waals surface area contributed by atoms with Gasteiger partial charge in [-0.15, -0.1) is 0 Å². The van der Waals surface area contributed by atoms with E-state index in [9.17, 15) is 9.90 Å². The summed E-state index contributed by atoms with van der Waals surface area (Å²) < 4.78 is 40.1. The number of rotatable bonds is 5. The third-order valence-corrected chi connectivity index (χ3v) is 6.64. The SMILES string of the molecule is COc1cc2c(c(OC)c1OC)-c1c(cc3c(c1OC)OCO3)CC(C)C(C)(O)C2OC(C)=O. The maximum Gasteiger partial charge on any atom is 0.303 e.